The highest BCUT2D eigenvalue weighted by molar-refractivity contribution is 5.83. The number of rotatable bonds is 4. The second-order valence-electron chi connectivity index (χ2n) is 4.13. The summed E-state index contributed by atoms with van der Waals surface area (Å²) in [7, 11) is 1.02. The summed E-state index contributed by atoms with van der Waals surface area (Å²) in [6.07, 6.45) is -4.77. The van der Waals surface area contributed by atoms with Crippen LogP contribution in [0.1, 0.15) is 12.6 Å². The Kier molecular flexibility index (Phi) is 5.12. The largest absolute Gasteiger partial charge is 0.467 e. The predicted octanol–water partition coefficient (Wildman–Crippen LogP) is 0.545. The molecule has 0 radical (unpaired) electrons. The van der Waals surface area contributed by atoms with E-state index in [-0.39, 0.29) is 0 Å². The number of carbonyl (C=O) groups excluding carboxylic acids is 2. The minimum absolute atomic E-state index is 0.373. The quantitative estimate of drug-likeness (QED) is 0.824. The third-order valence-corrected chi connectivity index (χ3v) is 2.57. The molecule has 1 unspecified atom stereocenters. The lowest BCUT2D eigenvalue weighted by Crippen LogP contribution is -2.46. The maximum Gasteiger partial charge on any atom is 0.431 e. The maximum atomic E-state index is 12.9. The first-order chi connectivity index (χ1) is 9.66. The van der Waals surface area contributed by atoms with Crippen molar-refractivity contribution in [2.75, 3.05) is 7.11 Å². The molecule has 1 heterocycles. The fraction of sp³-hybridized carbons (Fsp3) is 0.417. The van der Waals surface area contributed by atoms with Gasteiger partial charge in [0.1, 0.15) is 11.7 Å². The molecule has 0 saturated carbocycles. The molecule has 0 saturated heterocycles. The first-order valence-electron chi connectivity index (χ1n) is 5.78. The second-order valence-corrected chi connectivity index (χ2v) is 4.13. The number of methoxy groups -OCH3 is 1. The van der Waals surface area contributed by atoms with Crippen LogP contribution in [0, 0.1) is 0 Å². The minimum atomic E-state index is -4.77. The monoisotopic (exact) mass is 306 g/mol. The molecule has 1 aromatic rings. The minimum Gasteiger partial charge on any atom is -0.467 e. The number of amides is 1. The van der Waals surface area contributed by atoms with Gasteiger partial charge in [-0.05, 0) is 6.07 Å². The lowest BCUT2D eigenvalue weighted by Gasteiger charge is -2.20. The Labute approximate surface area is 117 Å². The fourth-order valence-electron chi connectivity index (χ4n) is 1.71. The lowest BCUT2D eigenvalue weighted by atomic mass is 10.2. The van der Waals surface area contributed by atoms with Gasteiger partial charge in [-0.3, -0.25) is 9.59 Å². The Balaban J connectivity index is 3.23. The number of carbonyl (C=O) groups is 2. The molecule has 0 bridgehead atoms. The highest BCUT2D eigenvalue weighted by Gasteiger charge is 2.35. The summed E-state index contributed by atoms with van der Waals surface area (Å²) in [4.78, 5) is 34.1. The third-order valence-electron chi connectivity index (χ3n) is 2.57. The second kappa shape index (κ2) is 6.42. The SMILES string of the molecule is COC(=O)C(Cn1c(C(F)(F)F)cccc1=O)NC(C)=O. The van der Waals surface area contributed by atoms with Gasteiger partial charge in [-0.25, -0.2) is 4.79 Å². The van der Waals surface area contributed by atoms with E-state index in [4.69, 9.17) is 0 Å². The van der Waals surface area contributed by atoms with Gasteiger partial charge in [-0.1, -0.05) is 6.07 Å². The molecular weight excluding hydrogens is 293 g/mol. The predicted molar refractivity (Wildman–Crippen MR) is 65.3 cm³/mol. The van der Waals surface area contributed by atoms with E-state index in [1.54, 1.807) is 0 Å². The van der Waals surface area contributed by atoms with Crippen molar-refractivity contribution in [2.45, 2.75) is 25.7 Å². The van der Waals surface area contributed by atoms with Gasteiger partial charge >= 0.3 is 12.1 Å². The zero-order valence-corrected chi connectivity index (χ0v) is 11.2. The molecule has 1 aromatic heterocycles. The molecule has 0 aliphatic heterocycles. The van der Waals surface area contributed by atoms with Crippen molar-refractivity contribution >= 4 is 11.9 Å². The maximum absolute atomic E-state index is 12.9. The van der Waals surface area contributed by atoms with Gasteiger partial charge in [0.05, 0.1) is 13.7 Å². The summed E-state index contributed by atoms with van der Waals surface area (Å²) < 4.78 is 43.4. The summed E-state index contributed by atoms with van der Waals surface area (Å²) in [5.41, 5.74) is -2.15. The van der Waals surface area contributed by atoms with Crippen molar-refractivity contribution in [3.8, 4) is 0 Å². The number of hydrogen-bond donors (Lipinski definition) is 1. The van der Waals surface area contributed by atoms with E-state index in [9.17, 15) is 27.6 Å². The van der Waals surface area contributed by atoms with Gasteiger partial charge in [-0.2, -0.15) is 13.2 Å². The zero-order valence-electron chi connectivity index (χ0n) is 11.2. The van der Waals surface area contributed by atoms with Crippen molar-refractivity contribution in [2.24, 2.45) is 0 Å². The van der Waals surface area contributed by atoms with Crippen LogP contribution < -0.4 is 10.9 Å². The number of nitrogens with zero attached hydrogens (tertiary/aromatic N) is 1. The summed E-state index contributed by atoms with van der Waals surface area (Å²) in [6.45, 7) is 0.412. The van der Waals surface area contributed by atoms with Crippen LogP contribution in [0.3, 0.4) is 0 Å². The standard InChI is InChI=1S/C12H13F3N2O4/c1-7(18)16-8(11(20)21-2)6-17-9(12(13,14)15)4-3-5-10(17)19/h3-5,8H,6H2,1-2H3,(H,16,18). The van der Waals surface area contributed by atoms with Gasteiger partial charge in [0.2, 0.25) is 5.91 Å². The van der Waals surface area contributed by atoms with E-state index in [2.05, 4.69) is 10.1 Å². The molecule has 0 aromatic carbocycles. The number of hydrogen-bond acceptors (Lipinski definition) is 4. The Morgan fingerprint density at radius 3 is 2.48 bits per heavy atom. The Morgan fingerprint density at radius 1 is 1.38 bits per heavy atom. The highest BCUT2D eigenvalue weighted by atomic mass is 19.4. The number of nitrogens with one attached hydrogen (secondary N) is 1. The molecule has 1 amide bonds. The first kappa shape index (κ1) is 16.7. The van der Waals surface area contributed by atoms with E-state index in [0.717, 1.165) is 26.2 Å². The van der Waals surface area contributed by atoms with Crippen LogP contribution >= 0.6 is 0 Å². The molecule has 21 heavy (non-hydrogen) atoms. The van der Waals surface area contributed by atoms with Gasteiger partial charge in [0.15, 0.2) is 0 Å². The van der Waals surface area contributed by atoms with Gasteiger partial charge in [0.25, 0.3) is 5.56 Å². The molecule has 9 heteroatoms. The molecule has 0 fully saturated rings. The number of esters is 1. The van der Waals surface area contributed by atoms with Crippen LogP contribution in [0.2, 0.25) is 0 Å². The van der Waals surface area contributed by atoms with Crippen molar-refractivity contribution in [1.29, 1.82) is 0 Å². The highest BCUT2D eigenvalue weighted by Crippen LogP contribution is 2.28. The van der Waals surface area contributed by atoms with Gasteiger partial charge in [0, 0.05) is 13.0 Å². The smallest absolute Gasteiger partial charge is 0.431 e. The molecule has 1 atom stereocenters. The van der Waals surface area contributed by atoms with Crippen LogP contribution in [0.4, 0.5) is 13.2 Å². The Hall–Kier alpha value is -2.32. The van der Waals surface area contributed by atoms with Crippen LogP contribution in [0.15, 0.2) is 23.0 Å². The number of alkyl halides is 3. The Bertz CT molecular complexity index is 595. The van der Waals surface area contributed by atoms with Gasteiger partial charge in [-0.15, -0.1) is 0 Å². The van der Waals surface area contributed by atoms with E-state index in [0.29, 0.717) is 10.6 Å². The van der Waals surface area contributed by atoms with Crippen LogP contribution in [0.5, 0.6) is 0 Å². The molecule has 1 rings (SSSR count). The van der Waals surface area contributed by atoms with Crippen molar-refractivity contribution in [3.63, 3.8) is 0 Å². The summed E-state index contributed by atoms with van der Waals surface area (Å²) in [5, 5.41) is 2.14. The summed E-state index contributed by atoms with van der Waals surface area (Å²) in [5.74, 6) is -1.59. The molecule has 0 spiro atoms. The third kappa shape index (κ3) is 4.33. The van der Waals surface area contributed by atoms with Crippen LogP contribution in [-0.2, 0) is 27.0 Å². The van der Waals surface area contributed by atoms with Crippen molar-refractivity contribution in [1.82, 2.24) is 9.88 Å². The number of ether oxygens (including phenoxy) is 1. The molecule has 0 aliphatic carbocycles. The van der Waals surface area contributed by atoms with E-state index in [1.807, 2.05) is 0 Å². The van der Waals surface area contributed by atoms with Crippen molar-refractivity contribution < 1.29 is 27.5 Å². The molecule has 116 valence electrons. The summed E-state index contributed by atoms with van der Waals surface area (Å²) in [6, 6.07) is 1.21. The Morgan fingerprint density at radius 2 is 2.00 bits per heavy atom. The topological polar surface area (TPSA) is 77.4 Å². The van der Waals surface area contributed by atoms with E-state index < -0.39 is 41.9 Å². The lowest BCUT2D eigenvalue weighted by molar-refractivity contribution is -0.148. The van der Waals surface area contributed by atoms with E-state index >= 15 is 0 Å². The average Bonchev–Trinajstić information content (AvgIpc) is 2.37. The van der Waals surface area contributed by atoms with Crippen LogP contribution in [-0.4, -0.2) is 29.6 Å². The number of halogens is 3. The first-order valence-corrected chi connectivity index (χ1v) is 5.78. The van der Waals surface area contributed by atoms with Crippen LogP contribution in [0.25, 0.3) is 0 Å². The average molecular weight is 306 g/mol. The van der Waals surface area contributed by atoms with Gasteiger partial charge < -0.3 is 14.6 Å². The number of pyridine rings is 1. The number of aromatic nitrogens is 1. The molecular formula is C12H13F3N2O4. The normalized spacial score (nSPS) is 12.6. The summed E-state index contributed by atoms with van der Waals surface area (Å²) >= 11 is 0. The van der Waals surface area contributed by atoms with E-state index in [1.165, 1.54) is 0 Å². The molecule has 0 aliphatic rings. The molecule has 6 nitrogen and oxygen atoms in total. The van der Waals surface area contributed by atoms with Crippen molar-refractivity contribution in [3.05, 3.63) is 34.2 Å². The zero-order chi connectivity index (χ0) is 16.2. The molecule has 1 N–H and O–H groups in total. The fourth-order valence-corrected chi connectivity index (χ4v) is 1.71.